The molecular formula is C18H24Cl2N2O3. The zero-order chi connectivity index (χ0) is 16.5. The first kappa shape index (κ1) is 23.2. The van der Waals surface area contributed by atoms with Gasteiger partial charge in [0.2, 0.25) is 0 Å². The number of ether oxygens (including phenoxy) is 1. The molecule has 7 heteroatoms. The van der Waals surface area contributed by atoms with E-state index in [0.717, 1.165) is 43.5 Å². The van der Waals surface area contributed by atoms with E-state index in [9.17, 15) is 4.79 Å². The predicted octanol–water partition coefficient (Wildman–Crippen LogP) is 4.19. The van der Waals surface area contributed by atoms with Gasteiger partial charge in [0.15, 0.2) is 0 Å². The third-order valence-electron chi connectivity index (χ3n) is 3.47. The van der Waals surface area contributed by atoms with Gasteiger partial charge in [-0.05, 0) is 43.7 Å². The van der Waals surface area contributed by atoms with Crippen LogP contribution in [0.3, 0.4) is 0 Å². The zero-order valence-corrected chi connectivity index (χ0v) is 15.5. The number of hydrogen-bond acceptors (Lipinski definition) is 4. The van der Waals surface area contributed by atoms with Crippen LogP contribution >= 0.6 is 24.8 Å². The zero-order valence-electron chi connectivity index (χ0n) is 13.9. The number of pyridine rings is 1. The van der Waals surface area contributed by atoms with Crippen LogP contribution in [-0.4, -0.2) is 29.2 Å². The lowest BCUT2D eigenvalue weighted by molar-refractivity contribution is 0.0690. The molecule has 0 atom stereocenters. The summed E-state index contributed by atoms with van der Waals surface area (Å²) >= 11 is 0. The van der Waals surface area contributed by atoms with Gasteiger partial charge in [-0.3, -0.25) is 0 Å². The minimum atomic E-state index is -1.03. The summed E-state index contributed by atoms with van der Waals surface area (Å²) in [5.41, 5.74) is 6.96. The van der Waals surface area contributed by atoms with E-state index in [4.69, 9.17) is 15.6 Å². The van der Waals surface area contributed by atoms with E-state index in [1.54, 1.807) is 12.1 Å². The van der Waals surface area contributed by atoms with Crippen LogP contribution in [0.5, 0.6) is 5.75 Å². The Balaban J connectivity index is 0.00000288. The number of aromatic carboxylic acids is 1. The van der Waals surface area contributed by atoms with Crippen molar-refractivity contribution >= 4 is 30.8 Å². The first-order valence-corrected chi connectivity index (χ1v) is 7.84. The standard InChI is InChI=1S/C18H22N2O3.2ClH/c19-11-3-1-2-4-12-23-15-8-5-7-14(13-15)16-9-6-10-17(20-16)18(21)22;;/h5-10,13H,1-4,11-12,19H2,(H,21,22);2*1H. The van der Waals surface area contributed by atoms with Gasteiger partial charge in [0.25, 0.3) is 0 Å². The van der Waals surface area contributed by atoms with Crippen LogP contribution in [0, 0.1) is 0 Å². The second kappa shape index (κ2) is 12.5. The molecule has 0 aliphatic carbocycles. The monoisotopic (exact) mass is 386 g/mol. The lowest BCUT2D eigenvalue weighted by Crippen LogP contribution is -2.01. The van der Waals surface area contributed by atoms with Crippen molar-refractivity contribution in [3.05, 3.63) is 48.2 Å². The highest BCUT2D eigenvalue weighted by molar-refractivity contribution is 5.86. The fourth-order valence-corrected chi connectivity index (χ4v) is 2.25. The summed E-state index contributed by atoms with van der Waals surface area (Å²) in [5, 5.41) is 9.02. The van der Waals surface area contributed by atoms with Crippen molar-refractivity contribution in [3.63, 3.8) is 0 Å². The van der Waals surface area contributed by atoms with E-state index in [0.29, 0.717) is 12.3 Å². The average molecular weight is 387 g/mol. The van der Waals surface area contributed by atoms with Gasteiger partial charge in [-0.15, -0.1) is 24.8 Å². The van der Waals surface area contributed by atoms with E-state index >= 15 is 0 Å². The molecule has 0 fully saturated rings. The van der Waals surface area contributed by atoms with Crippen LogP contribution < -0.4 is 10.5 Å². The normalized spacial score (nSPS) is 9.64. The smallest absolute Gasteiger partial charge is 0.354 e. The summed E-state index contributed by atoms with van der Waals surface area (Å²) in [6, 6.07) is 12.5. The molecule has 0 bridgehead atoms. The molecule has 0 aliphatic rings. The Morgan fingerprint density at radius 1 is 1.04 bits per heavy atom. The van der Waals surface area contributed by atoms with Crippen LogP contribution in [0.1, 0.15) is 36.2 Å². The quantitative estimate of drug-likeness (QED) is 0.631. The molecule has 0 saturated heterocycles. The van der Waals surface area contributed by atoms with Gasteiger partial charge in [0.05, 0.1) is 12.3 Å². The Hall–Kier alpha value is -1.82. The number of hydrogen-bond donors (Lipinski definition) is 2. The average Bonchev–Trinajstić information content (AvgIpc) is 2.58. The number of nitrogens with two attached hydrogens (primary N) is 1. The van der Waals surface area contributed by atoms with Crippen LogP contribution in [0.4, 0.5) is 0 Å². The molecule has 0 saturated carbocycles. The molecule has 0 radical (unpaired) electrons. The van der Waals surface area contributed by atoms with Gasteiger partial charge in [-0.1, -0.05) is 31.0 Å². The second-order valence-corrected chi connectivity index (χ2v) is 5.29. The Labute approximate surface area is 160 Å². The number of carbonyl (C=O) groups is 1. The number of nitrogens with zero attached hydrogens (tertiary/aromatic N) is 1. The molecular weight excluding hydrogens is 363 g/mol. The lowest BCUT2D eigenvalue weighted by Gasteiger charge is -2.08. The first-order valence-electron chi connectivity index (χ1n) is 7.84. The second-order valence-electron chi connectivity index (χ2n) is 5.29. The Bertz CT molecular complexity index is 654. The number of carboxylic acids is 1. The van der Waals surface area contributed by atoms with Gasteiger partial charge in [-0.2, -0.15) is 0 Å². The number of unbranched alkanes of at least 4 members (excludes halogenated alkanes) is 3. The van der Waals surface area contributed by atoms with Crippen molar-refractivity contribution in [1.82, 2.24) is 4.98 Å². The molecule has 0 spiro atoms. The predicted molar refractivity (Wildman–Crippen MR) is 104 cm³/mol. The van der Waals surface area contributed by atoms with Gasteiger partial charge in [0, 0.05) is 5.56 Å². The summed E-state index contributed by atoms with van der Waals surface area (Å²) in [5.74, 6) is -0.263. The summed E-state index contributed by atoms with van der Waals surface area (Å²) < 4.78 is 5.75. The molecule has 2 rings (SSSR count). The third kappa shape index (κ3) is 7.73. The van der Waals surface area contributed by atoms with Crippen molar-refractivity contribution in [3.8, 4) is 17.0 Å². The minimum Gasteiger partial charge on any atom is -0.494 e. The number of benzene rings is 1. The SMILES string of the molecule is Cl.Cl.NCCCCCCOc1cccc(-c2cccc(C(=O)O)n2)c1. The van der Waals surface area contributed by atoms with E-state index in [-0.39, 0.29) is 30.5 Å². The maximum absolute atomic E-state index is 11.0. The Kier molecular flexibility index (Phi) is 11.6. The molecule has 25 heavy (non-hydrogen) atoms. The highest BCUT2D eigenvalue weighted by atomic mass is 35.5. The van der Waals surface area contributed by atoms with E-state index < -0.39 is 5.97 Å². The van der Waals surface area contributed by atoms with Crippen LogP contribution in [-0.2, 0) is 0 Å². The van der Waals surface area contributed by atoms with Crippen molar-refractivity contribution in [2.75, 3.05) is 13.2 Å². The van der Waals surface area contributed by atoms with Gasteiger partial charge in [0.1, 0.15) is 11.4 Å². The molecule has 0 aliphatic heterocycles. The molecule has 1 aromatic heterocycles. The molecule has 2 aromatic rings. The van der Waals surface area contributed by atoms with E-state index in [2.05, 4.69) is 4.98 Å². The number of halogens is 2. The van der Waals surface area contributed by atoms with E-state index in [1.165, 1.54) is 6.07 Å². The summed E-state index contributed by atoms with van der Waals surface area (Å²) in [6.07, 6.45) is 4.29. The van der Waals surface area contributed by atoms with Crippen molar-refractivity contribution < 1.29 is 14.6 Å². The Morgan fingerprint density at radius 3 is 2.48 bits per heavy atom. The summed E-state index contributed by atoms with van der Waals surface area (Å²) in [7, 11) is 0. The topological polar surface area (TPSA) is 85.4 Å². The molecule has 5 nitrogen and oxygen atoms in total. The molecule has 0 unspecified atom stereocenters. The van der Waals surface area contributed by atoms with Gasteiger partial charge in [-0.25, -0.2) is 9.78 Å². The maximum atomic E-state index is 11.0. The molecule has 1 heterocycles. The molecule has 3 N–H and O–H groups in total. The van der Waals surface area contributed by atoms with Crippen molar-refractivity contribution in [1.29, 1.82) is 0 Å². The fourth-order valence-electron chi connectivity index (χ4n) is 2.25. The van der Waals surface area contributed by atoms with Gasteiger partial charge >= 0.3 is 5.97 Å². The number of rotatable bonds is 9. The van der Waals surface area contributed by atoms with Gasteiger partial charge < -0.3 is 15.6 Å². The molecule has 0 amide bonds. The third-order valence-corrected chi connectivity index (χ3v) is 3.47. The molecule has 138 valence electrons. The number of carboxylic acid groups (broad SMARTS) is 1. The minimum absolute atomic E-state index is 0. The highest BCUT2D eigenvalue weighted by Crippen LogP contribution is 2.22. The van der Waals surface area contributed by atoms with Crippen LogP contribution in [0.2, 0.25) is 0 Å². The maximum Gasteiger partial charge on any atom is 0.354 e. The van der Waals surface area contributed by atoms with Crippen LogP contribution in [0.15, 0.2) is 42.5 Å². The number of aromatic nitrogens is 1. The van der Waals surface area contributed by atoms with Crippen molar-refractivity contribution in [2.45, 2.75) is 25.7 Å². The summed E-state index contributed by atoms with van der Waals surface area (Å²) in [4.78, 5) is 15.2. The van der Waals surface area contributed by atoms with Crippen molar-refractivity contribution in [2.24, 2.45) is 5.73 Å². The molecule has 1 aromatic carbocycles. The fraction of sp³-hybridized carbons (Fsp3) is 0.333. The summed E-state index contributed by atoms with van der Waals surface area (Å²) in [6.45, 7) is 1.40. The Morgan fingerprint density at radius 2 is 1.76 bits per heavy atom. The van der Waals surface area contributed by atoms with Crippen LogP contribution in [0.25, 0.3) is 11.3 Å². The lowest BCUT2D eigenvalue weighted by atomic mass is 10.1. The first-order chi connectivity index (χ1) is 11.2. The highest BCUT2D eigenvalue weighted by Gasteiger charge is 2.07. The van der Waals surface area contributed by atoms with E-state index in [1.807, 2.05) is 24.3 Å². The largest absolute Gasteiger partial charge is 0.494 e.